The number of benzene rings is 1. The van der Waals surface area contributed by atoms with E-state index in [9.17, 15) is 8.42 Å². The number of hydrogen-bond donors (Lipinski definition) is 1. The molecule has 0 saturated carbocycles. The molecule has 0 aliphatic heterocycles. The SMILES string of the molecule is CC(C)c1ccc(C(N)CS(=O)(=O)C(C)C(C)C)cc1. The molecule has 3 nitrogen and oxygen atoms in total. The van der Waals surface area contributed by atoms with Gasteiger partial charge in [-0.15, -0.1) is 0 Å². The Balaban J connectivity index is 2.83. The van der Waals surface area contributed by atoms with Crippen LogP contribution in [0.25, 0.3) is 0 Å². The van der Waals surface area contributed by atoms with Crippen LogP contribution in [-0.4, -0.2) is 19.4 Å². The summed E-state index contributed by atoms with van der Waals surface area (Å²) in [4.78, 5) is 0. The first-order valence-corrected chi connectivity index (χ1v) is 8.93. The van der Waals surface area contributed by atoms with Crippen LogP contribution >= 0.6 is 0 Å². The van der Waals surface area contributed by atoms with Crippen LogP contribution in [0.2, 0.25) is 0 Å². The summed E-state index contributed by atoms with van der Waals surface area (Å²) in [5, 5.41) is -0.358. The molecule has 0 saturated heterocycles. The fraction of sp³-hybridized carbons (Fsp3) is 0.625. The van der Waals surface area contributed by atoms with Crippen molar-refractivity contribution in [2.75, 3.05) is 5.75 Å². The molecule has 0 aliphatic rings. The van der Waals surface area contributed by atoms with Gasteiger partial charge in [0.05, 0.1) is 11.0 Å². The highest BCUT2D eigenvalue weighted by molar-refractivity contribution is 7.92. The van der Waals surface area contributed by atoms with Crippen molar-refractivity contribution in [3.8, 4) is 0 Å². The van der Waals surface area contributed by atoms with E-state index >= 15 is 0 Å². The van der Waals surface area contributed by atoms with E-state index in [2.05, 4.69) is 13.8 Å². The molecule has 114 valence electrons. The summed E-state index contributed by atoms with van der Waals surface area (Å²) >= 11 is 0. The van der Waals surface area contributed by atoms with Gasteiger partial charge >= 0.3 is 0 Å². The molecule has 1 aromatic carbocycles. The lowest BCUT2D eigenvalue weighted by atomic mass is 10.00. The highest BCUT2D eigenvalue weighted by atomic mass is 32.2. The second-order valence-corrected chi connectivity index (χ2v) is 8.61. The van der Waals surface area contributed by atoms with E-state index in [1.54, 1.807) is 6.92 Å². The maximum atomic E-state index is 12.3. The molecule has 2 unspecified atom stereocenters. The van der Waals surface area contributed by atoms with Crippen LogP contribution in [0.3, 0.4) is 0 Å². The van der Waals surface area contributed by atoms with Crippen LogP contribution in [-0.2, 0) is 9.84 Å². The van der Waals surface area contributed by atoms with Gasteiger partial charge < -0.3 is 5.73 Å². The standard InChI is InChI=1S/C16H27NO2S/c1-11(2)13(5)20(18,19)10-16(17)15-8-6-14(7-9-15)12(3)4/h6-9,11-13,16H,10,17H2,1-5H3. The summed E-state index contributed by atoms with van der Waals surface area (Å²) in [5.74, 6) is 0.577. The predicted octanol–water partition coefficient (Wildman–Crippen LogP) is 3.27. The average molecular weight is 297 g/mol. The third-order valence-electron chi connectivity index (χ3n) is 3.95. The second-order valence-electron chi connectivity index (χ2n) is 6.21. The van der Waals surface area contributed by atoms with E-state index in [0.29, 0.717) is 5.92 Å². The normalized spacial score (nSPS) is 15.6. The zero-order chi connectivity index (χ0) is 15.5. The Morgan fingerprint density at radius 3 is 1.80 bits per heavy atom. The molecule has 0 spiro atoms. The highest BCUT2D eigenvalue weighted by Gasteiger charge is 2.26. The van der Waals surface area contributed by atoms with E-state index in [1.165, 1.54) is 5.56 Å². The largest absolute Gasteiger partial charge is 0.323 e. The topological polar surface area (TPSA) is 60.2 Å². The average Bonchev–Trinajstić information content (AvgIpc) is 2.37. The zero-order valence-corrected chi connectivity index (χ0v) is 13.9. The van der Waals surface area contributed by atoms with Crippen LogP contribution in [0.5, 0.6) is 0 Å². The summed E-state index contributed by atoms with van der Waals surface area (Å²) in [6.07, 6.45) is 0. The van der Waals surface area contributed by atoms with Gasteiger partial charge in [0.15, 0.2) is 9.84 Å². The van der Waals surface area contributed by atoms with Gasteiger partial charge in [-0.1, -0.05) is 52.0 Å². The van der Waals surface area contributed by atoms with Crippen molar-refractivity contribution in [2.45, 2.75) is 51.8 Å². The molecule has 2 N–H and O–H groups in total. The van der Waals surface area contributed by atoms with E-state index in [0.717, 1.165) is 5.56 Å². The van der Waals surface area contributed by atoms with Crippen LogP contribution in [0, 0.1) is 5.92 Å². The van der Waals surface area contributed by atoms with Gasteiger partial charge in [-0.2, -0.15) is 0 Å². The van der Waals surface area contributed by atoms with E-state index in [-0.39, 0.29) is 16.9 Å². The predicted molar refractivity (Wildman–Crippen MR) is 85.5 cm³/mol. The lowest BCUT2D eigenvalue weighted by Crippen LogP contribution is -2.31. The monoisotopic (exact) mass is 297 g/mol. The molecule has 0 aliphatic carbocycles. The van der Waals surface area contributed by atoms with Crippen molar-refractivity contribution in [1.82, 2.24) is 0 Å². The van der Waals surface area contributed by atoms with E-state index < -0.39 is 15.9 Å². The number of nitrogens with two attached hydrogens (primary N) is 1. The molecule has 1 rings (SSSR count). The van der Waals surface area contributed by atoms with Gasteiger partial charge in [0.1, 0.15) is 0 Å². The maximum absolute atomic E-state index is 12.3. The fourth-order valence-corrected chi connectivity index (χ4v) is 3.87. The maximum Gasteiger partial charge on any atom is 0.155 e. The summed E-state index contributed by atoms with van der Waals surface area (Å²) in [6, 6.07) is 7.48. The summed E-state index contributed by atoms with van der Waals surface area (Å²) < 4.78 is 24.5. The molecule has 0 heterocycles. The summed E-state index contributed by atoms with van der Waals surface area (Å²) in [6.45, 7) is 9.86. The van der Waals surface area contributed by atoms with Crippen molar-refractivity contribution < 1.29 is 8.42 Å². The molecule has 0 radical (unpaired) electrons. The third-order valence-corrected chi connectivity index (χ3v) is 6.45. The smallest absolute Gasteiger partial charge is 0.155 e. The fourth-order valence-electron chi connectivity index (χ4n) is 2.04. The minimum Gasteiger partial charge on any atom is -0.323 e. The van der Waals surface area contributed by atoms with Crippen molar-refractivity contribution >= 4 is 9.84 Å². The van der Waals surface area contributed by atoms with E-state index in [1.807, 2.05) is 38.1 Å². The first-order valence-electron chi connectivity index (χ1n) is 7.22. The first kappa shape index (κ1) is 17.2. The zero-order valence-electron chi connectivity index (χ0n) is 13.1. The molecule has 4 heteroatoms. The lowest BCUT2D eigenvalue weighted by Gasteiger charge is -2.20. The van der Waals surface area contributed by atoms with Crippen LogP contribution in [0.15, 0.2) is 24.3 Å². The molecule has 20 heavy (non-hydrogen) atoms. The van der Waals surface area contributed by atoms with Crippen molar-refractivity contribution in [3.05, 3.63) is 35.4 Å². The lowest BCUT2D eigenvalue weighted by molar-refractivity contribution is 0.540. The third kappa shape index (κ3) is 4.32. The van der Waals surface area contributed by atoms with Gasteiger partial charge in [0, 0.05) is 6.04 Å². The van der Waals surface area contributed by atoms with Crippen molar-refractivity contribution in [3.63, 3.8) is 0 Å². The summed E-state index contributed by atoms with van der Waals surface area (Å²) in [7, 11) is -3.16. The Bertz CT molecular complexity index is 518. The van der Waals surface area contributed by atoms with E-state index in [4.69, 9.17) is 5.73 Å². The van der Waals surface area contributed by atoms with Crippen LogP contribution in [0.1, 0.15) is 57.7 Å². The molecule has 2 atom stereocenters. The van der Waals surface area contributed by atoms with Crippen molar-refractivity contribution in [1.29, 1.82) is 0 Å². The van der Waals surface area contributed by atoms with Gasteiger partial charge in [0.25, 0.3) is 0 Å². The second kappa shape index (κ2) is 6.72. The minimum absolute atomic E-state index is 0.00731. The Morgan fingerprint density at radius 2 is 1.40 bits per heavy atom. The Kier molecular flexibility index (Phi) is 5.78. The molecule has 0 fully saturated rings. The highest BCUT2D eigenvalue weighted by Crippen LogP contribution is 2.21. The first-order chi connectivity index (χ1) is 9.15. The number of rotatable bonds is 6. The summed E-state index contributed by atoms with van der Waals surface area (Å²) in [5.41, 5.74) is 8.18. The Morgan fingerprint density at radius 1 is 0.950 bits per heavy atom. The Labute approximate surface area is 123 Å². The number of sulfone groups is 1. The molecule has 1 aromatic rings. The molecular weight excluding hydrogens is 270 g/mol. The molecule has 0 aromatic heterocycles. The van der Waals surface area contributed by atoms with Gasteiger partial charge in [0.2, 0.25) is 0 Å². The quantitative estimate of drug-likeness (QED) is 0.876. The van der Waals surface area contributed by atoms with Crippen LogP contribution in [0.4, 0.5) is 0 Å². The van der Waals surface area contributed by atoms with Crippen LogP contribution < -0.4 is 5.73 Å². The Hall–Kier alpha value is -0.870. The number of hydrogen-bond acceptors (Lipinski definition) is 3. The molecular formula is C16H27NO2S. The minimum atomic E-state index is -3.16. The van der Waals surface area contributed by atoms with Gasteiger partial charge in [-0.3, -0.25) is 0 Å². The molecule has 0 bridgehead atoms. The van der Waals surface area contributed by atoms with Gasteiger partial charge in [-0.25, -0.2) is 8.42 Å². The van der Waals surface area contributed by atoms with Crippen molar-refractivity contribution in [2.24, 2.45) is 11.7 Å². The molecule has 0 amide bonds. The van der Waals surface area contributed by atoms with Gasteiger partial charge in [-0.05, 0) is 29.9 Å².